The van der Waals surface area contributed by atoms with E-state index in [1.165, 1.54) is 12.1 Å². The molecule has 6 heteroatoms. The Kier molecular flexibility index (Phi) is 4.08. The highest BCUT2D eigenvalue weighted by Crippen LogP contribution is 2.29. The predicted octanol–water partition coefficient (Wildman–Crippen LogP) is 1.98. The minimum Gasteiger partial charge on any atom is -0.372 e. The van der Waals surface area contributed by atoms with Crippen LogP contribution in [0.15, 0.2) is 24.3 Å². The van der Waals surface area contributed by atoms with Crippen molar-refractivity contribution in [3.63, 3.8) is 0 Å². The lowest BCUT2D eigenvalue weighted by Gasteiger charge is -2.27. The minimum atomic E-state index is -4.27. The molecule has 3 nitrogen and oxygen atoms in total. The Balaban J connectivity index is 1.86. The van der Waals surface area contributed by atoms with Crippen LogP contribution in [-0.4, -0.2) is 37.7 Å². The maximum atomic E-state index is 12.4. The third kappa shape index (κ3) is 3.61. The summed E-state index contributed by atoms with van der Waals surface area (Å²) in [5, 5.41) is 6.37. The molecule has 0 unspecified atom stereocenters. The molecule has 0 atom stereocenters. The molecule has 1 aliphatic rings. The van der Waals surface area contributed by atoms with Gasteiger partial charge in [0.1, 0.15) is 0 Å². The Morgan fingerprint density at radius 3 is 2.28 bits per heavy atom. The fourth-order valence-corrected chi connectivity index (χ4v) is 1.85. The zero-order chi connectivity index (χ0) is 13.0. The van der Waals surface area contributed by atoms with Gasteiger partial charge in [0.25, 0.3) is 0 Å². The number of benzene rings is 1. The summed E-state index contributed by atoms with van der Waals surface area (Å²) in [6.07, 6.45) is -4.27. The zero-order valence-corrected chi connectivity index (χ0v) is 9.93. The fraction of sp³-hybridized carbons (Fsp3) is 0.500. The second-order valence-corrected chi connectivity index (χ2v) is 4.28. The SMILES string of the molecule is FC(F)(F)c1ccc(NCN2CCNCC2)cc1. The van der Waals surface area contributed by atoms with Gasteiger partial charge in [-0.3, -0.25) is 4.90 Å². The molecular formula is C12H16F3N3. The van der Waals surface area contributed by atoms with Crippen LogP contribution < -0.4 is 10.6 Å². The van der Waals surface area contributed by atoms with Gasteiger partial charge in [0.05, 0.1) is 12.2 Å². The number of halogens is 3. The van der Waals surface area contributed by atoms with Gasteiger partial charge in [0.2, 0.25) is 0 Å². The number of hydrogen-bond donors (Lipinski definition) is 2. The summed E-state index contributed by atoms with van der Waals surface area (Å²) in [5.41, 5.74) is 0.0942. The third-order valence-corrected chi connectivity index (χ3v) is 2.93. The first-order chi connectivity index (χ1) is 8.55. The van der Waals surface area contributed by atoms with Crippen molar-refractivity contribution in [3.8, 4) is 0 Å². The Hall–Kier alpha value is -1.27. The van der Waals surface area contributed by atoms with Crippen LogP contribution in [0.4, 0.5) is 18.9 Å². The average Bonchev–Trinajstić information content (AvgIpc) is 2.37. The Bertz CT molecular complexity index is 369. The molecule has 100 valence electrons. The molecule has 1 aromatic carbocycles. The lowest BCUT2D eigenvalue weighted by atomic mass is 10.2. The van der Waals surface area contributed by atoms with Gasteiger partial charge in [-0.05, 0) is 24.3 Å². The van der Waals surface area contributed by atoms with Crippen LogP contribution in [0.3, 0.4) is 0 Å². The van der Waals surface area contributed by atoms with Crippen LogP contribution in [0.1, 0.15) is 5.56 Å². The quantitative estimate of drug-likeness (QED) is 0.869. The molecule has 18 heavy (non-hydrogen) atoms. The molecule has 0 saturated carbocycles. The van der Waals surface area contributed by atoms with Crippen molar-refractivity contribution >= 4 is 5.69 Å². The molecule has 0 bridgehead atoms. The summed E-state index contributed by atoms with van der Waals surface area (Å²) in [6.45, 7) is 4.47. The largest absolute Gasteiger partial charge is 0.416 e. The van der Waals surface area contributed by atoms with Gasteiger partial charge >= 0.3 is 6.18 Å². The summed E-state index contributed by atoms with van der Waals surface area (Å²) >= 11 is 0. The molecule has 1 fully saturated rings. The minimum absolute atomic E-state index is 0.616. The Labute approximate surface area is 104 Å². The van der Waals surface area contributed by atoms with Crippen LogP contribution in [0.2, 0.25) is 0 Å². The maximum Gasteiger partial charge on any atom is 0.416 e. The smallest absolute Gasteiger partial charge is 0.372 e. The number of nitrogens with zero attached hydrogens (tertiary/aromatic N) is 1. The fourth-order valence-electron chi connectivity index (χ4n) is 1.85. The molecule has 1 saturated heterocycles. The second kappa shape index (κ2) is 5.58. The van der Waals surface area contributed by atoms with Crippen LogP contribution in [0.5, 0.6) is 0 Å². The molecule has 1 heterocycles. The standard InChI is InChI=1S/C12H16F3N3/c13-12(14,15)10-1-3-11(4-2-10)17-9-18-7-5-16-6-8-18/h1-4,16-17H,5-9H2. The van der Waals surface area contributed by atoms with Gasteiger partial charge in [-0.2, -0.15) is 13.2 Å². The van der Waals surface area contributed by atoms with Crippen molar-refractivity contribution in [1.29, 1.82) is 0 Å². The normalized spacial score (nSPS) is 17.7. The molecule has 1 aliphatic heterocycles. The number of piperazine rings is 1. The van der Waals surface area contributed by atoms with Crippen molar-refractivity contribution in [3.05, 3.63) is 29.8 Å². The summed E-state index contributed by atoms with van der Waals surface area (Å²) in [5.74, 6) is 0. The maximum absolute atomic E-state index is 12.4. The predicted molar refractivity (Wildman–Crippen MR) is 64.4 cm³/mol. The van der Waals surface area contributed by atoms with E-state index in [0.29, 0.717) is 12.4 Å². The van der Waals surface area contributed by atoms with Gasteiger partial charge in [-0.15, -0.1) is 0 Å². The van der Waals surface area contributed by atoms with E-state index in [1.807, 2.05) is 0 Å². The monoisotopic (exact) mass is 259 g/mol. The molecule has 0 aliphatic carbocycles. The first kappa shape index (κ1) is 13.2. The van der Waals surface area contributed by atoms with Crippen molar-refractivity contribution in [2.24, 2.45) is 0 Å². The van der Waals surface area contributed by atoms with E-state index >= 15 is 0 Å². The van der Waals surface area contributed by atoms with Crippen molar-refractivity contribution in [2.75, 3.05) is 38.2 Å². The summed E-state index contributed by atoms with van der Waals surface area (Å²) in [4.78, 5) is 2.22. The molecular weight excluding hydrogens is 243 g/mol. The van der Waals surface area contributed by atoms with Gasteiger partial charge in [0.15, 0.2) is 0 Å². The Morgan fingerprint density at radius 2 is 1.72 bits per heavy atom. The van der Waals surface area contributed by atoms with Crippen LogP contribution in [0, 0.1) is 0 Å². The zero-order valence-electron chi connectivity index (χ0n) is 9.93. The number of alkyl halides is 3. The molecule has 0 spiro atoms. The van der Waals surface area contributed by atoms with E-state index in [0.717, 1.165) is 38.3 Å². The highest BCUT2D eigenvalue weighted by Gasteiger charge is 2.29. The van der Waals surface area contributed by atoms with E-state index in [4.69, 9.17) is 0 Å². The summed E-state index contributed by atoms with van der Waals surface area (Å²) in [7, 11) is 0. The van der Waals surface area contributed by atoms with Gasteiger partial charge < -0.3 is 10.6 Å². The number of anilines is 1. The van der Waals surface area contributed by atoms with Gasteiger partial charge in [0, 0.05) is 31.9 Å². The highest BCUT2D eigenvalue weighted by molar-refractivity contribution is 5.44. The van der Waals surface area contributed by atoms with Crippen molar-refractivity contribution in [1.82, 2.24) is 10.2 Å². The molecule has 0 amide bonds. The Morgan fingerprint density at radius 1 is 1.11 bits per heavy atom. The number of hydrogen-bond acceptors (Lipinski definition) is 3. The number of nitrogens with one attached hydrogen (secondary N) is 2. The van der Waals surface area contributed by atoms with E-state index in [2.05, 4.69) is 15.5 Å². The van der Waals surface area contributed by atoms with E-state index in [-0.39, 0.29) is 0 Å². The molecule has 2 N–H and O–H groups in total. The van der Waals surface area contributed by atoms with E-state index < -0.39 is 11.7 Å². The van der Waals surface area contributed by atoms with Gasteiger partial charge in [-0.1, -0.05) is 0 Å². The molecule has 0 radical (unpaired) electrons. The van der Waals surface area contributed by atoms with Crippen molar-refractivity contribution < 1.29 is 13.2 Å². The lowest BCUT2D eigenvalue weighted by molar-refractivity contribution is -0.137. The lowest BCUT2D eigenvalue weighted by Crippen LogP contribution is -2.45. The third-order valence-electron chi connectivity index (χ3n) is 2.93. The number of rotatable bonds is 3. The molecule has 2 rings (SSSR count). The topological polar surface area (TPSA) is 27.3 Å². The van der Waals surface area contributed by atoms with Crippen LogP contribution >= 0.6 is 0 Å². The van der Waals surface area contributed by atoms with E-state index in [1.54, 1.807) is 0 Å². The molecule has 1 aromatic rings. The van der Waals surface area contributed by atoms with E-state index in [9.17, 15) is 13.2 Å². The van der Waals surface area contributed by atoms with Crippen molar-refractivity contribution in [2.45, 2.75) is 6.18 Å². The summed E-state index contributed by atoms with van der Waals surface area (Å²) in [6, 6.07) is 5.12. The second-order valence-electron chi connectivity index (χ2n) is 4.28. The first-order valence-corrected chi connectivity index (χ1v) is 5.90. The van der Waals surface area contributed by atoms with Crippen LogP contribution in [0.25, 0.3) is 0 Å². The van der Waals surface area contributed by atoms with Crippen LogP contribution in [-0.2, 0) is 6.18 Å². The van der Waals surface area contributed by atoms with Gasteiger partial charge in [-0.25, -0.2) is 0 Å². The summed E-state index contributed by atoms with van der Waals surface area (Å²) < 4.78 is 37.1. The highest BCUT2D eigenvalue weighted by atomic mass is 19.4. The first-order valence-electron chi connectivity index (χ1n) is 5.90. The average molecular weight is 259 g/mol. The molecule has 0 aromatic heterocycles.